The van der Waals surface area contributed by atoms with Gasteiger partial charge in [0.05, 0.1) is 11.4 Å². The van der Waals surface area contributed by atoms with E-state index in [4.69, 9.17) is 16.6 Å². The van der Waals surface area contributed by atoms with Crippen molar-refractivity contribution in [2.45, 2.75) is 25.4 Å². The highest BCUT2D eigenvalue weighted by atomic mass is 79.9. The van der Waals surface area contributed by atoms with E-state index < -0.39 is 23.7 Å². The molecule has 0 spiro atoms. The molecule has 0 aliphatic carbocycles. The molecule has 13 heteroatoms. The van der Waals surface area contributed by atoms with Crippen LogP contribution in [0.25, 0.3) is 11.1 Å². The monoisotopic (exact) mass is 564 g/mol. The number of rotatable bonds is 9. The van der Waals surface area contributed by atoms with Gasteiger partial charge in [-0.3, -0.25) is 5.41 Å². The van der Waals surface area contributed by atoms with Crippen molar-refractivity contribution >= 4 is 40.0 Å². The Morgan fingerprint density at radius 2 is 1.92 bits per heavy atom. The number of allylic oxidation sites excluding steroid dienone is 1. The van der Waals surface area contributed by atoms with Crippen LogP contribution in [0.2, 0.25) is 0 Å². The number of amidine groups is 1. The molecule has 1 atom stereocenters. The Balaban J connectivity index is 2.12. The predicted molar refractivity (Wildman–Crippen MR) is 134 cm³/mol. The third-order valence-corrected chi connectivity index (χ3v) is 6.04. The zero-order chi connectivity index (χ0) is 26.5. The van der Waals surface area contributed by atoms with E-state index in [2.05, 4.69) is 41.2 Å². The Morgan fingerprint density at radius 1 is 1.25 bits per heavy atom. The number of hydrogen-bond acceptors (Lipinski definition) is 5. The quantitative estimate of drug-likeness (QED) is 0.126. The molecule has 0 saturated carbocycles. The Kier molecular flexibility index (Phi) is 8.35. The maximum atomic E-state index is 14.0. The van der Waals surface area contributed by atoms with Gasteiger partial charge in [-0.05, 0) is 40.1 Å². The number of halogens is 5. The van der Waals surface area contributed by atoms with Crippen LogP contribution in [0.5, 0.6) is 0 Å². The Hall–Kier alpha value is -3.87. The molecule has 0 aliphatic heterocycles. The summed E-state index contributed by atoms with van der Waals surface area (Å²) in [6, 6.07) is 6.07. The number of aromatic nitrogens is 3. The fourth-order valence-electron chi connectivity index (χ4n) is 3.53. The molecular formula is C23H21BrF4N8. The van der Waals surface area contributed by atoms with Crippen LogP contribution in [0.4, 0.5) is 23.2 Å². The molecule has 0 fully saturated rings. The lowest BCUT2D eigenvalue weighted by atomic mass is 9.93. The Labute approximate surface area is 211 Å². The summed E-state index contributed by atoms with van der Waals surface area (Å²) in [6.45, 7) is 1.87. The molecule has 1 unspecified atom stereocenters. The molecule has 0 aliphatic rings. The first-order valence-corrected chi connectivity index (χ1v) is 11.3. The molecular weight excluding hydrogens is 544 g/mol. The van der Waals surface area contributed by atoms with E-state index in [1.54, 1.807) is 18.2 Å². The van der Waals surface area contributed by atoms with Crippen LogP contribution in [0.15, 0.2) is 57.9 Å². The number of nitrogens with two attached hydrogens (primary N) is 1. The van der Waals surface area contributed by atoms with Crippen molar-refractivity contribution in [1.29, 1.82) is 10.8 Å². The molecule has 1 aromatic carbocycles. The molecule has 0 saturated heterocycles. The molecule has 0 bridgehead atoms. The third kappa shape index (κ3) is 5.67. The number of H-pyrrole nitrogens is 1. The number of hydrogen-bond donors (Lipinski definition) is 5. The van der Waals surface area contributed by atoms with Crippen LogP contribution >= 0.6 is 15.9 Å². The molecule has 3 aromatic rings. The van der Waals surface area contributed by atoms with Crippen molar-refractivity contribution in [2.24, 2.45) is 10.7 Å². The number of aromatic amines is 1. The zero-order valence-corrected chi connectivity index (χ0v) is 20.4. The van der Waals surface area contributed by atoms with Crippen LogP contribution in [-0.2, 0) is 6.18 Å². The lowest BCUT2D eigenvalue weighted by molar-refractivity contribution is -0.144. The molecule has 0 radical (unpaired) electrons. The first kappa shape index (κ1) is 26.7. The summed E-state index contributed by atoms with van der Waals surface area (Å²) in [6.07, 6.45) is 1.17. The predicted octanol–water partition coefficient (Wildman–Crippen LogP) is 5.84. The van der Waals surface area contributed by atoms with Gasteiger partial charge < -0.3 is 21.4 Å². The number of nitrogens with zero attached hydrogens (tertiary/aromatic N) is 3. The van der Waals surface area contributed by atoms with E-state index in [1.165, 1.54) is 12.3 Å². The largest absolute Gasteiger partial charge is 0.451 e. The van der Waals surface area contributed by atoms with Crippen LogP contribution < -0.4 is 11.1 Å². The fourth-order valence-corrected chi connectivity index (χ4v) is 4.33. The Morgan fingerprint density at radius 3 is 2.47 bits per heavy atom. The number of para-hydroxylation sites is 1. The maximum absolute atomic E-state index is 14.0. The van der Waals surface area contributed by atoms with Gasteiger partial charge in [0.15, 0.2) is 0 Å². The number of alkyl halides is 3. The van der Waals surface area contributed by atoms with Gasteiger partial charge in [-0.25, -0.2) is 19.4 Å². The third-order valence-electron chi connectivity index (χ3n) is 5.21. The standard InChI is InChI=1S/C23H21BrF4N8/c1-2-14(12(7-29)8-32-16-6-4-3-5-15(16)25)19-18(24)17(20(36-19)21(31)35-11-30)13-9-33-22(34-10-13)23(26,27)28/h3-11,14,29,32,36H,2H2,1H3,(H3,30,31,35)/b12-8+,29-7?. The van der Waals surface area contributed by atoms with Crippen LogP contribution in [-0.4, -0.2) is 33.3 Å². The minimum atomic E-state index is -4.70. The molecule has 6 N–H and O–H groups in total. The number of anilines is 1. The second-order valence-electron chi connectivity index (χ2n) is 7.41. The highest BCUT2D eigenvalue weighted by Gasteiger charge is 2.34. The highest BCUT2D eigenvalue weighted by Crippen LogP contribution is 2.41. The van der Waals surface area contributed by atoms with Crippen molar-refractivity contribution in [1.82, 2.24) is 15.0 Å². The molecule has 0 amide bonds. The van der Waals surface area contributed by atoms with Gasteiger partial charge in [0, 0.05) is 52.0 Å². The lowest BCUT2D eigenvalue weighted by Crippen LogP contribution is -2.16. The summed E-state index contributed by atoms with van der Waals surface area (Å²) in [7, 11) is 0. The average molecular weight is 565 g/mol. The second kappa shape index (κ2) is 11.2. The van der Waals surface area contributed by atoms with Gasteiger partial charge in [0.2, 0.25) is 5.82 Å². The van der Waals surface area contributed by atoms with Crippen molar-refractivity contribution in [2.75, 3.05) is 5.32 Å². The second-order valence-corrected chi connectivity index (χ2v) is 8.21. The van der Waals surface area contributed by atoms with Crippen molar-refractivity contribution in [3.8, 4) is 11.1 Å². The van der Waals surface area contributed by atoms with E-state index in [-0.39, 0.29) is 22.8 Å². The van der Waals surface area contributed by atoms with E-state index in [1.807, 2.05) is 6.92 Å². The van der Waals surface area contributed by atoms with Crippen LogP contribution in [0.1, 0.15) is 36.5 Å². The fraction of sp³-hybridized carbons (Fsp3) is 0.174. The summed E-state index contributed by atoms with van der Waals surface area (Å²) >= 11 is 3.50. The van der Waals surface area contributed by atoms with Crippen molar-refractivity contribution in [3.63, 3.8) is 0 Å². The Bertz CT molecular complexity index is 1310. The molecule has 8 nitrogen and oxygen atoms in total. The minimum Gasteiger partial charge on any atom is -0.382 e. The van der Waals surface area contributed by atoms with Gasteiger partial charge in [0.1, 0.15) is 18.0 Å². The van der Waals surface area contributed by atoms with Crippen molar-refractivity contribution in [3.05, 3.63) is 75.9 Å². The molecule has 36 heavy (non-hydrogen) atoms. The zero-order valence-electron chi connectivity index (χ0n) is 18.8. The topological polar surface area (TPSA) is 140 Å². The van der Waals surface area contributed by atoms with Crippen LogP contribution in [0, 0.1) is 16.6 Å². The normalized spacial score (nSPS) is 13.4. The first-order chi connectivity index (χ1) is 17.1. The van der Waals surface area contributed by atoms with Gasteiger partial charge >= 0.3 is 6.18 Å². The SMILES string of the molecule is CCC(/C(C=N)=C/Nc1ccccc1F)c1[nH]c(/C(N)=N\C=N)c(-c2cnc(C(F)(F)F)nc2)c1Br. The number of benzene rings is 1. The minimum absolute atomic E-state index is 0.0911. The molecule has 188 valence electrons. The van der Waals surface area contributed by atoms with Gasteiger partial charge in [-0.2, -0.15) is 13.2 Å². The summed E-state index contributed by atoms with van der Waals surface area (Å²) in [4.78, 5) is 13.7. The highest BCUT2D eigenvalue weighted by molar-refractivity contribution is 9.10. The molecule has 2 aromatic heterocycles. The average Bonchev–Trinajstić information content (AvgIpc) is 3.19. The van der Waals surface area contributed by atoms with E-state index in [0.29, 0.717) is 27.7 Å². The first-order valence-electron chi connectivity index (χ1n) is 10.5. The van der Waals surface area contributed by atoms with Crippen LogP contribution in [0.3, 0.4) is 0 Å². The van der Waals surface area contributed by atoms with E-state index in [0.717, 1.165) is 24.9 Å². The lowest BCUT2D eigenvalue weighted by Gasteiger charge is -2.16. The summed E-state index contributed by atoms with van der Waals surface area (Å²) in [5.74, 6) is -2.28. The summed E-state index contributed by atoms with van der Waals surface area (Å²) in [5.41, 5.74) is 8.07. The summed E-state index contributed by atoms with van der Waals surface area (Å²) in [5, 5.41) is 18.0. The smallest absolute Gasteiger partial charge is 0.382 e. The molecule has 2 heterocycles. The molecule has 3 rings (SSSR count). The number of aliphatic imine (C=N–C) groups is 1. The van der Waals surface area contributed by atoms with E-state index in [9.17, 15) is 17.6 Å². The number of nitrogens with one attached hydrogen (secondary N) is 4. The summed E-state index contributed by atoms with van der Waals surface area (Å²) < 4.78 is 53.3. The van der Waals surface area contributed by atoms with Crippen molar-refractivity contribution < 1.29 is 17.6 Å². The van der Waals surface area contributed by atoms with Gasteiger partial charge in [0.25, 0.3) is 0 Å². The van der Waals surface area contributed by atoms with E-state index >= 15 is 0 Å². The van der Waals surface area contributed by atoms with Gasteiger partial charge in [-0.1, -0.05) is 19.1 Å². The maximum Gasteiger partial charge on any atom is 0.451 e. The van der Waals surface area contributed by atoms with Gasteiger partial charge in [-0.15, -0.1) is 0 Å².